The Kier molecular flexibility index (Phi) is 3.28. The molecule has 2 N–H and O–H groups in total. The minimum absolute atomic E-state index is 0.407. The Hall–Kier alpha value is -2.03. The van der Waals surface area contributed by atoms with Gasteiger partial charge in [0.15, 0.2) is 0 Å². The Balaban J connectivity index is 2.10. The van der Waals surface area contributed by atoms with Crippen molar-refractivity contribution in [3.8, 4) is 0 Å². The second kappa shape index (κ2) is 4.87. The van der Waals surface area contributed by atoms with E-state index < -0.39 is 5.97 Å². The van der Waals surface area contributed by atoms with E-state index in [2.05, 4.69) is 11.1 Å². The molecule has 0 aliphatic heterocycles. The number of carboxylic acid groups (broad SMARTS) is 1. The van der Waals surface area contributed by atoms with Crippen molar-refractivity contribution in [1.29, 1.82) is 0 Å². The maximum absolute atomic E-state index is 10.6. The van der Waals surface area contributed by atoms with Gasteiger partial charge in [-0.1, -0.05) is 24.3 Å². The molecule has 0 atom stereocenters. The number of fused-ring (bicyclic) bond motifs is 1. The molecule has 1 heterocycles. The summed E-state index contributed by atoms with van der Waals surface area (Å²) in [5, 5.41) is 9.95. The summed E-state index contributed by atoms with van der Waals surface area (Å²) in [4.78, 5) is 13.8. The SMILES string of the molecule is CC(=CCCc1c[nH]c2ccccc12)C(=O)O. The van der Waals surface area contributed by atoms with Gasteiger partial charge in [0.05, 0.1) is 0 Å². The zero-order valence-corrected chi connectivity index (χ0v) is 9.73. The smallest absolute Gasteiger partial charge is 0.330 e. The van der Waals surface area contributed by atoms with Crippen LogP contribution in [0.4, 0.5) is 0 Å². The fourth-order valence-corrected chi connectivity index (χ4v) is 1.87. The number of allylic oxidation sites excluding steroid dienone is 1. The van der Waals surface area contributed by atoms with Gasteiger partial charge in [-0.2, -0.15) is 0 Å². The maximum Gasteiger partial charge on any atom is 0.330 e. The normalized spacial score (nSPS) is 11.9. The summed E-state index contributed by atoms with van der Waals surface area (Å²) in [5.41, 5.74) is 2.77. The molecule has 0 bridgehead atoms. The van der Waals surface area contributed by atoms with Gasteiger partial charge in [0, 0.05) is 22.7 Å². The topological polar surface area (TPSA) is 53.1 Å². The molecule has 17 heavy (non-hydrogen) atoms. The van der Waals surface area contributed by atoms with Crippen LogP contribution in [0, 0.1) is 0 Å². The third-order valence-corrected chi connectivity index (χ3v) is 2.88. The number of hydrogen-bond donors (Lipinski definition) is 2. The van der Waals surface area contributed by atoms with Gasteiger partial charge in [-0.25, -0.2) is 4.79 Å². The van der Waals surface area contributed by atoms with Crippen LogP contribution < -0.4 is 0 Å². The van der Waals surface area contributed by atoms with Crippen molar-refractivity contribution in [1.82, 2.24) is 4.98 Å². The van der Waals surface area contributed by atoms with Gasteiger partial charge in [-0.15, -0.1) is 0 Å². The molecule has 1 aromatic heterocycles. The van der Waals surface area contributed by atoms with Crippen molar-refractivity contribution in [3.63, 3.8) is 0 Å². The first-order valence-electron chi connectivity index (χ1n) is 5.63. The quantitative estimate of drug-likeness (QED) is 0.791. The Morgan fingerprint density at radius 3 is 2.94 bits per heavy atom. The summed E-state index contributed by atoms with van der Waals surface area (Å²) in [5.74, 6) is -0.844. The van der Waals surface area contributed by atoms with Gasteiger partial charge < -0.3 is 10.1 Å². The summed E-state index contributed by atoms with van der Waals surface area (Å²) >= 11 is 0. The highest BCUT2D eigenvalue weighted by atomic mass is 16.4. The molecule has 0 aliphatic rings. The largest absolute Gasteiger partial charge is 0.478 e. The summed E-state index contributed by atoms with van der Waals surface area (Å²) in [7, 11) is 0. The summed E-state index contributed by atoms with van der Waals surface area (Å²) in [6, 6.07) is 8.13. The first-order valence-corrected chi connectivity index (χ1v) is 5.63. The number of H-pyrrole nitrogens is 1. The van der Waals surface area contributed by atoms with E-state index in [1.165, 1.54) is 10.9 Å². The van der Waals surface area contributed by atoms with Crippen molar-refractivity contribution in [2.24, 2.45) is 0 Å². The Labute approximate surface area is 99.8 Å². The zero-order valence-electron chi connectivity index (χ0n) is 9.73. The van der Waals surface area contributed by atoms with Crippen molar-refractivity contribution in [2.45, 2.75) is 19.8 Å². The average molecular weight is 229 g/mol. The molecule has 0 saturated carbocycles. The third kappa shape index (κ3) is 2.56. The van der Waals surface area contributed by atoms with Crippen molar-refractivity contribution in [2.75, 3.05) is 0 Å². The second-order valence-corrected chi connectivity index (χ2v) is 4.09. The first kappa shape index (κ1) is 11.5. The predicted molar refractivity (Wildman–Crippen MR) is 68.0 cm³/mol. The number of aromatic nitrogens is 1. The standard InChI is InChI=1S/C14H15NO2/c1-10(14(16)17)5-4-6-11-9-15-13-8-3-2-7-12(11)13/h2-3,5,7-9,15H,4,6H2,1H3,(H,16,17). The molecule has 3 heteroatoms. The zero-order chi connectivity index (χ0) is 12.3. The molecule has 0 saturated heterocycles. The molecule has 0 amide bonds. The minimum Gasteiger partial charge on any atom is -0.478 e. The van der Waals surface area contributed by atoms with E-state index in [0.717, 1.165) is 18.4 Å². The average Bonchev–Trinajstić information content (AvgIpc) is 2.72. The Morgan fingerprint density at radius 1 is 1.41 bits per heavy atom. The van der Waals surface area contributed by atoms with Crippen LogP contribution in [0.5, 0.6) is 0 Å². The predicted octanol–water partition coefficient (Wildman–Crippen LogP) is 3.13. The van der Waals surface area contributed by atoms with Crippen LogP contribution in [0.25, 0.3) is 10.9 Å². The summed E-state index contributed by atoms with van der Waals surface area (Å²) < 4.78 is 0. The number of nitrogens with one attached hydrogen (secondary N) is 1. The number of aromatic amines is 1. The molecule has 0 radical (unpaired) electrons. The summed E-state index contributed by atoms with van der Waals surface area (Å²) in [6.07, 6.45) is 5.37. The Bertz CT molecular complexity index is 566. The highest BCUT2D eigenvalue weighted by Gasteiger charge is 2.02. The highest BCUT2D eigenvalue weighted by molar-refractivity contribution is 5.86. The van der Waals surface area contributed by atoms with Crippen molar-refractivity contribution < 1.29 is 9.90 Å². The van der Waals surface area contributed by atoms with E-state index in [0.29, 0.717) is 5.57 Å². The van der Waals surface area contributed by atoms with Gasteiger partial charge in [0.2, 0.25) is 0 Å². The van der Waals surface area contributed by atoms with Gasteiger partial charge in [-0.05, 0) is 31.4 Å². The molecule has 2 rings (SSSR count). The molecule has 0 spiro atoms. The molecule has 1 aromatic carbocycles. The lowest BCUT2D eigenvalue weighted by atomic mass is 10.1. The lowest BCUT2D eigenvalue weighted by molar-refractivity contribution is -0.132. The van der Waals surface area contributed by atoms with E-state index >= 15 is 0 Å². The molecular formula is C14H15NO2. The molecule has 3 nitrogen and oxygen atoms in total. The number of carbonyl (C=O) groups is 1. The van der Waals surface area contributed by atoms with E-state index in [4.69, 9.17) is 5.11 Å². The van der Waals surface area contributed by atoms with Crippen LogP contribution >= 0.6 is 0 Å². The fourth-order valence-electron chi connectivity index (χ4n) is 1.87. The number of carboxylic acids is 1. The van der Waals surface area contributed by atoms with E-state index in [1.54, 1.807) is 13.0 Å². The number of aryl methyl sites for hydroxylation is 1. The molecule has 88 valence electrons. The highest BCUT2D eigenvalue weighted by Crippen LogP contribution is 2.19. The van der Waals surface area contributed by atoms with E-state index in [1.807, 2.05) is 24.4 Å². The monoisotopic (exact) mass is 229 g/mol. The van der Waals surface area contributed by atoms with Crippen LogP contribution in [-0.2, 0) is 11.2 Å². The maximum atomic E-state index is 10.6. The number of para-hydroxylation sites is 1. The van der Waals surface area contributed by atoms with Gasteiger partial charge >= 0.3 is 5.97 Å². The lowest BCUT2D eigenvalue weighted by Gasteiger charge is -1.97. The van der Waals surface area contributed by atoms with E-state index in [9.17, 15) is 4.79 Å². The Morgan fingerprint density at radius 2 is 2.18 bits per heavy atom. The second-order valence-electron chi connectivity index (χ2n) is 4.09. The van der Waals surface area contributed by atoms with Gasteiger partial charge in [0.25, 0.3) is 0 Å². The van der Waals surface area contributed by atoms with Gasteiger partial charge in [0.1, 0.15) is 0 Å². The number of benzene rings is 1. The summed E-state index contributed by atoms with van der Waals surface area (Å²) in [6.45, 7) is 1.62. The van der Waals surface area contributed by atoms with Crippen LogP contribution in [0.2, 0.25) is 0 Å². The molecule has 0 fully saturated rings. The molecule has 0 aliphatic carbocycles. The molecule has 0 unspecified atom stereocenters. The van der Waals surface area contributed by atoms with Gasteiger partial charge in [-0.3, -0.25) is 0 Å². The fraction of sp³-hybridized carbons (Fsp3) is 0.214. The van der Waals surface area contributed by atoms with Crippen molar-refractivity contribution in [3.05, 3.63) is 47.7 Å². The van der Waals surface area contributed by atoms with Crippen molar-refractivity contribution >= 4 is 16.9 Å². The first-order chi connectivity index (χ1) is 8.18. The van der Waals surface area contributed by atoms with Crippen LogP contribution in [0.3, 0.4) is 0 Å². The third-order valence-electron chi connectivity index (χ3n) is 2.88. The molecular weight excluding hydrogens is 214 g/mol. The minimum atomic E-state index is -0.844. The number of hydrogen-bond acceptors (Lipinski definition) is 1. The van der Waals surface area contributed by atoms with Crippen LogP contribution in [0.1, 0.15) is 18.9 Å². The number of aliphatic carboxylic acids is 1. The lowest BCUT2D eigenvalue weighted by Crippen LogP contribution is -1.96. The van der Waals surface area contributed by atoms with Crippen LogP contribution in [-0.4, -0.2) is 16.1 Å². The van der Waals surface area contributed by atoms with E-state index in [-0.39, 0.29) is 0 Å². The number of rotatable bonds is 4. The van der Waals surface area contributed by atoms with Crippen LogP contribution in [0.15, 0.2) is 42.1 Å². The molecule has 2 aromatic rings.